The SMILES string of the molecule is [2H]c1c([2H])c(-c2c([2H])c([2H])c(-c3nc(-c4ccccc4)nc(-c4ccc5c(c4)oc4ccccc45)n3)c([2H])c2[2H])c([2H])c(-c2c([2H])c([2H])c3c(oc4c([2H])c([2H])c([2H])c([2H])c43)c2[2H])c1[2H]. The largest absolute Gasteiger partial charge is 0.456 e. The van der Waals surface area contributed by atoms with E-state index in [1.165, 1.54) is 0 Å². The number of aromatic nitrogens is 3. The molecule has 0 saturated carbocycles. The number of benzene rings is 7. The van der Waals surface area contributed by atoms with Crippen LogP contribution in [0.5, 0.6) is 0 Å². The number of rotatable bonds is 5. The second-order valence-corrected chi connectivity index (χ2v) is 11.2. The van der Waals surface area contributed by atoms with Gasteiger partial charge in [-0.3, -0.25) is 0 Å². The van der Waals surface area contributed by atoms with Gasteiger partial charge >= 0.3 is 0 Å². The van der Waals surface area contributed by atoms with E-state index >= 15 is 0 Å². The molecular formula is C45H27N3O2. The quantitative estimate of drug-likeness (QED) is 0.184. The summed E-state index contributed by atoms with van der Waals surface area (Å²) in [6.07, 6.45) is 0. The van der Waals surface area contributed by atoms with Crippen molar-refractivity contribution in [3.05, 3.63) is 163 Å². The summed E-state index contributed by atoms with van der Waals surface area (Å²) in [5.41, 5.74) is -1.35. The smallest absolute Gasteiger partial charge is 0.164 e. The Morgan fingerprint density at radius 3 is 1.84 bits per heavy atom. The molecule has 0 aliphatic rings. The lowest BCUT2D eigenvalue weighted by Gasteiger charge is -2.10. The first-order valence-corrected chi connectivity index (χ1v) is 15.4. The van der Waals surface area contributed by atoms with Crippen molar-refractivity contribution in [1.29, 1.82) is 0 Å². The van der Waals surface area contributed by atoms with Gasteiger partial charge in [0.1, 0.15) is 22.3 Å². The van der Waals surface area contributed by atoms with Gasteiger partial charge in [-0.25, -0.2) is 15.0 Å². The fraction of sp³-hybridized carbons (Fsp3) is 0. The zero-order chi connectivity index (χ0) is 46.1. The van der Waals surface area contributed by atoms with Gasteiger partial charge < -0.3 is 8.83 Å². The third-order valence-electron chi connectivity index (χ3n) is 8.16. The van der Waals surface area contributed by atoms with Crippen LogP contribution in [-0.4, -0.2) is 15.0 Å². The number of hydrogen-bond acceptors (Lipinski definition) is 5. The molecule has 0 amide bonds. The van der Waals surface area contributed by atoms with Gasteiger partial charge in [-0.2, -0.15) is 0 Å². The Morgan fingerprint density at radius 1 is 0.360 bits per heavy atom. The van der Waals surface area contributed by atoms with Crippen molar-refractivity contribution < 1.29 is 29.4 Å². The van der Waals surface area contributed by atoms with Crippen molar-refractivity contribution in [3.8, 4) is 56.4 Å². The predicted octanol–water partition coefficient (Wildman–Crippen LogP) is 12.0. The van der Waals surface area contributed by atoms with Crippen molar-refractivity contribution in [2.75, 3.05) is 0 Å². The topological polar surface area (TPSA) is 65.0 Å². The predicted molar refractivity (Wildman–Crippen MR) is 202 cm³/mol. The lowest BCUT2D eigenvalue weighted by Crippen LogP contribution is -2.00. The zero-order valence-corrected chi connectivity index (χ0v) is 25.6. The molecule has 0 bridgehead atoms. The molecule has 0 N–H and O–H groups in total. The molecule has 0 fully saturated rings. The lowest BCUT2D eigenvalue weighted by molar-refractivity contribution is 0.668. The Balaban J connectivity index is 1.19. The van der Waals surface area contributed by atoms with Crippen molar-refractivity contribution >= 4 is 43.9 Å². The highest BCUT2D eigenvalue weighted by atomic mass is 16.3. The molecule has 0 aliphatic carbocycles. The monoisotopic (exact) mass is 656 g/mol. The van der Waals surface area contributed by atoms with Crippen LogP contribution in [-0.2, 0) is 0 Å². The molecule has 3 aromatic heterocycles. The van der Waals surface area contributed by atoms with Gasteiger partial charge in [-0.05, 0) is 64.6 Å². The fourth-order valence-electron chi connectivity index (χ4n) is 5.76. The van der Waals surface area contributed by atoms with E-state index in [0.717, 1.165) is 10.8 Å². The van der Waals surface area contributed by atoms with Gasteiger partial charge in [0.05, 0.1) is 20.6 Å². The van der Waals surface area contributed by atoms with E-state index in [2.05, 4.69) is 9.97 Å². The molecule has 10 rings (SSSR count). The lowest BCUT2D eigenvalue weighted by atomic mass is 9.97. The van der Waals surface area contributed by atoms with Gasteiger partial charge in [0.25, 0.3) is 0 Å². The molecule has 0 atom stereocenters. The molecule has 0 radical (unpaired) electrons. The van der Waals surface area contributed by atoms with Gasteiger partial charge in [-0.1, -0.05) is 121 Å². The van der Waals surface area contributed by atoms with Crippen molar-refractivity contribution in [3.63, 3.8) is 0 Å². The summed E-state index contributed by atoms with van der Waals surface area (Å²) in [5, 5.41) is 1.22. The number of hydrogen-bond donors (Lipinski definition) is 0. The van der Waals surface area contributed by atoms with E-state index in [-0.39, 0.29) is 39.4 Å². The van der Waals surface area contributed by atoms with E-state index in [0.29, 0.717) is 22.3 Å². The third-order valence-corrected chi connectivity index (χ3v) is 8.16. The normalized spacial score (nSPS) is 15.8. The number of para-hydroxylation sites is 2. The molecule has 0 spiro atoms. The fourth-order valence-corrected chi connectivity index (χ4v) is 5.76. The van der Waals surface area contributed by atoms with Crippen molar-refractivity contribution in [2.45, 2.75) is 0 Å². The summed E-state index contributed by atoms with van der Waals surface area (Å²) in [7, 11) is 0. The first kappa shape index (κ1) is 17.0. The van der Waals surface area contributed by atoms with Gasteiger partial charge in [0.2, 0.25) is 0 Å². The van der Waals surface area contributed by atoms with E-state index in [9.17, 15) is 6.85 Å². The average molecular weight is 657 g/mol. The Bertz CT molecular complexity index is 3710. The van der Waals surface area contributed by atoms with Crippen molar-refractivity contribution in [2.24, 2.45) is 0 Å². The summed E-state index contributed by atoms with van der Waals surface area (Å²) in [6, 6.07) is 11.0. The molecule has 5 heteroatoms. The first-order chi connectivity index (χ1) is 31.0. The minimum atomic E-state index is -0.849. The molecule has 234 valence electrons. The van der Waals surface area contributed by atoms with Gasteiger partial charge in [0, 0.05) is 38.2 Å². The second kappa shape index (κ2) is 11.4. The standard InChI is InChI=1S/C45H27N3O2/c1-2-9-29(10-3-1)43-46-44(48-45(47-43)34-22-24-38-36-14-5-7-16-40(36)50-42(38)27-34)30-19-17-28(18-20-30)31-11-8-12-32(25-31)33-21-23-37-35-13-4-6-15-39(35)49-41(37)26-33/h1-27H/i4D,6D,8D,11D,12D,13D,15D,17D,18D,19D,20D,21D,23D,25D,26D. The molecular weight excluding hydrogens is 615 g/mol. The third kappa shape index (κ3) is 4.83. The van der Waals surface area contributed by atoms with Crippen LogP contribution in [0.3, 0.4) is 0 Å². The van der Waals surface area contributed by atoms with Crippen LogP contribution in [0.15, 0.2) is 172 Å². The Kier molecular flexibility index (Phi) is 3.87. The average Bonchev–Trinajstić information content (AvgIpc) is 3.90. The summed E-state index contributed by atoms with van der Waals surface area (Å²) in [4.78, 5) is 14.0. The highest BCUT2D eigenvalue weighted by Crippen LogP contribution is 2.35. The van der Waals surface area contributed by atoms with E-state index in [1.807, 2.05) is 30.3 Å². The molecule has 3 heterocycles. The number of fused-ring (bicyclic) bond motifs is 6. The summed E-state index contributed by atoms with van der Waals surface area (Å²) in [5.74, 6) is 0.0435. The van der Waals surface area contributed by atoms with Crippen LogP contribution < -0.4 is 0 Å². The van der Waals surface area contributed by atoms with Crippen LogP contribution in [0, 0.1) is 0 Å². The molecule has 0 unspecified atom stereocenters. The molecule has 5 nitrogen and oxygen atoms in total. The zero-order valence-electron chi connectivity index (χ0n) is 40.6. The van der Waals surface area contributed by atoms with Crippen LogP contribution in [0.4, 0.5) is 0 Å². The molecule has 0 aliphatic heterocycles. The Hall–Kier alpha value is -6.85. The highest BCUT2D eigenvalue weighted by molar-refractivity contribution is 6.06. The van der Waals surface area contributed by atoms with Gasteiger partial charge in [0.15, 0.2) is 17.5 Å². The minimum Gasteiger partial charge on any atom is -0.456 e. The van der Waals surface area contributed by atoms with Gasteiger partial charge in [-0.15, -0.1) is 0 Å². The van der Waals surface area contributed by atoms with Crippen LogP contribution in [0.1, 0.15) is 20.6 Å². The molecule has 10 aromatic rings. The molecule has 0 saturated heterocycles. The maximum atomic E-state index is 9.37. The van der Waals surface area contributed by atoms with Crippen LogP contribution >= 0.6 is 0 Å². The Morgan fingerprint density at radius 2 is 0.980 bits per heavy atom. The van der Waals surface area contributed by atoms with E-state index in [4.69, 9.17) is 27.5 Å². The molecule has 50 heavy (non-hydrogen) atoms. The van der Waals surface area contributed by atoms with Crippen molar-refractivity contribution in [1.82, 2.24) is 15.0 Å². The van der Waals surface area contributed by atoms with Crippen LogP contribution in [0.2, 0.25) is 0 Å². The maximum absolute atomic E-state index is 9.37. The molecule has 7 aromatic carbocycles. The maximum Gasteiger partial charge on any atom is 0.164 e. The van der Waals surface area contributed by atoms with E-state index < -0.39 is 118 Å². The Labute approximate surface area is 308 Å². The first-order valence-electron chi connectivity index (χ1n) is 22.9. The number of furan rings is 2. The summed E-state index contributed by atoms with van der Waals surface area (Å²) < 4.78 is 145. The minimum absolute atomic E-state index is 0.124. The summed E-state index contributed by atoms with van der Waals surface area (Å²) in [6.45, 7) is 0. The summed E-state index contributed by atoms with van der Waals surface area (Å²) >= 11 is 0. The van der Waals surface area contributed by atoms with Crippen LogP contribution in [0.25, 0.3) is 100 Å². The second-order valence-electron chi connectivity index (χ2n) is 11.2. The van der Waals surface area contributed by atoms with E-state index in [1.54, 1.807) is 42.5 Å². The highest BCUT2D eigenvalue weighted by Gasteiger charge is 2.15. The number of nitrogens with zero attached hydrogens (tertiary/aromatic N) is 3.